The van der Waals surface area contributed by atoms with Crippen LogP contribution in [0.2, 0.25) is 0 Å². The van der Waals surface area contributed by atoms with Crippen LogP contribution in [0.25, 0.3) is 11.1 Å². The molecule has 82 valence electrons. The summed E-state index contributed by atoms with van der Waals surface area (Å²) >= 11 is 0. The third-order valence-corrected chi connectivity index (χ3v) is 2.71. The SMILES string of the molecule is Cc1ccc(-c2cccc(C)c2F)cc1O. The lowest BCUT2D eigenvalue weighted by molar-refractivity contribution is 0.471. The van der Waals surface area contributed by atoms with Gasteiger partial charge < -0.3 is 5.11 Å². The first-order valence-corrected chi connectivity index (χ1v) is 5.14. The van der Waals surface area contributed by atoms with Gasteiger partial charge in [0, 0.05) is 5.56 Å². The smallest absolute Gasteiger partial charge is 0.133 e. The number of aromatic hydroxyl groups is 1. The summed E-state index contributed by atoms with van der Waals surface area (Å²) in [5.41, 5.74) is 2.62. The number of hydrogen-bond donors (Lipinski definition) is 1. The van der Waals surface area contributed by atoms with Crippen LogP contribution < -0.4 is 0 Å². The van der Waals surface area contributed by atoms with Crippen molar-refractivity contribution in [2.24, 2.45) is 0 Å². The predicted molar refractivity (Wildman–Crippen MR) is 63.0 cm³/mol. The standard InChI is InChI=1S/C14H13FO/c1-9-6-7-11(8-13(9)16)12-5-3-4-10(2)14(12)15/h3-8,16H,1-2H3. The maximum absolute atomic E-state index is 13.8. The summed E-state index contributed by atoms with van der Waals surface area (Å²) < 4.78 is 13.8. The number of phenolic OH excluding ortho intramolecular Hbond substituents is 1. The van der Waals surface area contributed by atoms with Crippen molar-refractivity contribution in [3.8, 4) is 16.9 Å². The van der Waals surface area contributed by atoms with Crippen LogP contribution in [0.5, 0.6) is 5.75 Å². The average Bonchev–Trinajstić information content (AvgIpc) is 2.26. The molecule has 2 aromatic carbocycles. The number of benzene rings is 2. The Balaban J connectivity index is 2.59. The molecule has 0 unspecified atom stereocenters. The highest BCUT2D eigenvalue weighted by atomic mass is 19.1. The molecular weight excluding hydrogens is 203 g/mol. The molecule has 16 heavy (non-hydrogen) atoms. The Morgan fingerprint density at radius 2 is 1.75 bits per heavy atom. The zero-order valence-corrected chi connectivity index (χ0v) is 9.29. The van der Waals surface area contributed by atoms with Gasteiger partial charge in [0.1, 0.15) is 11.6 Å². The lowest BCUT2D eigenvalue weighted by Crippen LogP contribution is -1.88. The summed E-state index contributed by atoms with van der Waals surface area (Å²) in [7, 11) is 0. The van der Waals surface area contributed by atoms with E-state index >= 15 is 0 Å². The lowest BCUT2D eigenvalue weighted by atomic mass is 10.0. The molecule has 0 aliphatic carbocycles. The lowest BCUT2D eigenvalue weighted by Gasteiger charge is -2.07. The monoisotopic (exact) mass is 216 g/mol. The van der Waals surface area contributed by atoms with E-state index < -0.39 is 0 Å². The molecule has 0 aliphatic heterocycles. The minimum atomic E-state index is -0.231. The van der Waals surface area contributed by atoms with Crippen molar-refractivity contribution < 1.29 is 9.50 Å². The highest BCUT2D eigenvalue weighted by Gasteiger charge is 2.08. The number of rotatable bonds is 1. The minimum Gasteiger partial charge on any atom is -0.508 e. The van der Waals surface area contributed by atoms with E-state index in [2.05, 4.69) is 0 Å². The van der Waals surface area contributed by atoms with E-state index in [1.165, 1.54) is 0 Å². The minimum absolute atomic E-state index is 0.193. The van der Waals surface area contributed by atoms with E-state index in [4.69, 9.17) is 0 Å². The molecule has 0 saturated carbocycles. The van der Waals surface area contributed by atoms with Gasteiger partial charge in [-0.2, -0.15) is 0 Å². The van der Waals surface area contributed by atoms with E-state index in [0.717, 1.165) is 5.56 Å². The maximum atomic E-state index is 13.8. The van der Waals surface area contributed by atoms with Crippen molar-refractivity contribution in [2.45, 2.75) is 13.8 Å². The first kappa shape index (κ1) is 10.7. The third kappa shape index (κ3) is 1.78. The van der Waals surface area contributed by atoms with Crippen molar-refractivity contribution in [3.05, 3.63) is 53.3 Å². The maximum Gasteiger partial charge on any atom is 0.133 e. The summed E-state index contributed by atoms with van der Waals surface area (Å²) in [6.45, 7) is 3.54. The van der Waals surface area contributed by atoms with E-state index in [9.17, 15) is 9.50 Å². The number of phenols is 1. The molecule has 0 fully saturated rings. The fraction of sp³-hybridized carbons (Fsp3) is 0.143. The van der Waals surface area contributed by atoms with Crippen LogP contribution in [0.3, 0.4) is 0 Å². The zero-order chi connectivity index (χ0) is 11.7. The van der Waals surface area contributed by atoms with Crippen molar-refractivity contribution in [1.29, 1.82) is 0 Å². The van der Waals surface area contributed by atoms with Gasteiger partial charge in [-0.1, -0.05) is 30.3 Å². The first-order valence-electron chi connectivity index (χ1n) is 5.14. The Morgan fingerprint density at radius 3 is 2.44 bits per heavy atom. The van der Waals surface area contributed by atoms with Gasteiger partial charge in [-0.3, -0.25) is 0 Å². The quantitative estimate of drug-likeness (QED) is 0.768. The van der Waals surface area contributed by atoms with Gasteiger partial charge >= 0.3 is 0 Å². The largest absolute Gasteiger partial charge is 0.508 e. The molecule has 0 saturated heterocycles. The van der Waals surface area contributed by atoms with Gasteiger partial charge in [0.15, 0.2) is 0 Å². The van der Waals surface area contributed by atoms with Crippen LogP contribution in [-0.2, 0) is 0 Å². The van der Waals surface area contributed by atoms with Crippen LogP contribution in [0.1, 0.15) is 11.1 Å². The first-order chi connectivity index (χ1) is 7.59. The molecule has 2 heteroatoms. The molecule has 1 N–H and O–H groups in total. The molecule has 1 nitrogen and oxygen atoms in total. The van der Waals surface area contributed by atoms with Gasteiger partial charge in [0.2, 0.25) is 0 Å². The number of hydrogen-bond acceptors (Lipinski definition) is 1. The summed E-state index contributed by atoms with van der Waals surface area (Å²) in [6, 6.07) is 10.4. The molecule has 0 atom stereocenters. The van der Waals surface area contributed by atoms with Crippen molar-refractivity contribution in [3.63, 3.8) is 0 Å². The fourth-order valence-corrected chi connectivity index (χ4v) is 1.65. The van der Waals surface area contributed by atoms with Crippen LogP contribution in [0, 0.1) is 19.7 Å². The normalized spacial score (nSPS) is 10.4. The van der Waals surface area contributed by atoms with Crippen LogP contribution in [-0.4, -0.2) is 5.11 Å². The van der Waals surface area contributed by atoms with E-state index in [1.807, 2.05) is 19.1 Å². The Kier molecular flexibility index (Phi) is 2.65. The van der Waals surface area contributed by atoms with Crippen molar-refractivity contribution >= 4 is 0 Å². The van der Waals surface area contributed by atoms with Gasteiger partial charge in [-0.15, -0.1) is 0 Å². The summed E-state index contributed by atoms with van der Waals surface area (Å²) in [4.78, 5) is 0. The summed E-state index contributed by atoms with van der Waals surface area (Å²) in [6.07, 6.45) is 0. The highest BCUT2D eigenvalue weighted by molar-refractivity contribution is 5.67. The van der Waals surface area contributed by atoms with E-state index in [1.54, 1.807) is 31.2 Å². The van der Waals surface area contributed by atoms with Gasteiger partial charge in [0.25, 0.3) is 0 Å². The van der Waals surface area contributed by atoms with Crippen molar-refractivity contribution in [2.75, 3.05) is 0 Å². The number of aryl methyl sites for hydroxylation is 2. The second-order valence-corrected chi connectivity index (χ2v) is 3.94. The Labute approximate surface area is 94.2 Å². The second kappa shape index (κ2) is 3.97. The molecule has 0 heterocycles. The average molecular weight is 216 g/mol. The molecule has 0 radical (unpaired) electrons. The fourth-order valence-electron chi connectivity index (χ4n) is 1.65. The summed E-state index contributed by atoms with van der Waals surface area (Å²) in [5.74, 6) is -0.0378. The van der Waals surface area contributed by atoms with Gasteiger partial charge in [-0.05, 0) is 36.6 Å². The second-order valence-electron chi connectivity index (χ2n) is 3.94. The topological polar surface area (TPSA) is 20.2 Å². The molecule has 0 aliphatic rings. The van der Waals surface area contributed by atoms with E-state index in [0.29, 0.717) is 16.7 Å². The van der Waals surface area contributed by atoms with E-state index in [-0.39, 0.29) is 11.6 Å². The van der Waals surface area contributed by atoms with Gasteiger partial charge in [-0.25, -0.2) is 4.39 Å². The molecule has 0 amide bonds. The van der Waals surface area contributed by atoms with Crippen LogP contribution in [0.15, 0.2) is 36.4 Å². The Morgan fingerprint density at radius 1 is 1.00 bits per heavy atom. The molecule has 0 spiro atoms. The Hall–Kier alpha value is -1.83. The predicted octanol–water partition coefficient (Wildman–Crippen LogP) is 3.82. The molecule has 2 rings (SSSR count). The molecule has 0 bridgehead atoms. The molecular formula is C14H13FO. The summed E-state index contributed by atoms with van der Waals surface area (Å²) in [5, 5.41) is 9.60. The van der Waals surface area contributed by atoms with Crippen LogP contribution in [0.4, 0.5) is 4.39 Å². The highest BCUT2D eigenvalue weighted by Crippen LogP contribution is 2.28. The number of halogens is 1. The van der Waals surface area contributed by atoms with Gasteiger partial charge in [0.05, 0.1) is 0 Å². The molecule has 0 aromatic heterocycles. The van der Waals surface area contributed by atoms with Crippen molar-refractivity contribution in [1.82, 2.24) is 0 Å². The zero-order valence-electron chi connectivity index (χ0n) is 9.29. The molecule has 2 aromatic rings. The Bertz CT molecular complexity index is 532. The third-order valence-electron chi connectivity index (χ3n) is 2.71. The van der Waals surface area contributed by atoms with Crippen LogP contribution >= 0.6 is 0 Å².